The van der Waals surface area contributed by atoms with Crippen LogP contribution in [0, 0.1) is 0 Å². The molecule has 2 heterocycles. The number of aliphatic imine (C=N–C) groups is 1. The number of allylic oxidation sites excluding steroid dienone is 7. The second-order valence-corrected chi connectivity index (χ2v) is 7.35. The Kier molecular flexibility index (Phi) is 11.0. The summed E-state index contributed by atoms with van der Waals surface area (Å²) in [5, 5.41) is 6.36. The van der Waals surface area contributed by atoms with E-state index in [1.165, 1.54) is 0 Å². The highest BCUT2D eigenvalue weighted by Gasteiger charge is 2.20. The molecule has 0 aromatic carbocycles. The van der Waals surface area contributed by atoms with E-state index >= 15 is 0 Å². The lowest BCUT2D eigenvalue weighted by atomic mass is 9.99. The largest absolute Gasteiger partial charge is 0.481 e. The van der Waals surface area contributed by atoms with E-state index in [1.54, 1.807) is 20.4 Å². The molecule has 31 heavy (non-hydrogen) atoms. The molecule has 1 unspecified atom stereocenters. The maximum Gasteiger partial charge on any atom is 0.220 e. The van der Waals surface area contributed by atoms with Crippen LogP contribution in [0.4, 0.5) is 0 Å². The molecule has 1 amide bonds. The van der Waals surface area contributed by atoms with Gasteiger partial charge in [-0.25, -0.2) is 4.98 Å². The topological polar surface area (TPSA) is 75.6 Å². The SMILES string of the molecule is C=CCC(/C=C/C/C=C/C=C/C=N/C)c1ccc(CNC[C@@H]2CCC(=O)N2)c(OC)n1. The molecule has 0 bridgehead atoms. The highest BCUT2D eigenvalue weighted by Crippen LogP contribution is 2.25. The van der Waals surface area contributed by atoms with Gasteiger partial charge < -0.3 is 15.4 Å². The summed E-state index contributed by atoms with van der Waals surface area (Å²) >= 11 is 0. The van der Waals surface area contributed by atoms with Gasteiger partial charge in [0, 0.05) is 50.3 Å². The monoisotopic (exact) mass is 422 g/mol. The predicted octanol–water partition coefficient (Wildman–Crippen LogP) is 3.88. The molecule has 1 saturated heterocycles. The van der Waals surface area contributed by atoms with Gasteiger partial charge in [-0.1, -0.05) is 42.5 Å². The number of rotatable bonds is 13. The van der Waals surface area contributed by atoms with Crippen LogP contribution in [0.15, 0.2) is 66.2 Å². The van der Waals surface area contributed by atoms with E-state index < -0.39 is 0 Å². The molecule has 0 aliphatic carbocycles. The van der Waals surface area contributed by atoms with Gasteiger partial charge in [0.15, 0.2) is 0 Å². The van der Waals surface area contributed by atoms with Crippen LogP contribution in [-0.4, -0.2) is 43.8 Å². The Morgan fingerprint density at radius 1 is 1.35 bits per heavy atom. The molecule has 0 spiro atoms. The zero-order valence-corrected chi connectivity index (χ0v) is 18.6. The molecule has 2 rings (SSSR count). The van der Waals surface area contributed by atoms with Gasteiger partial charge in [-0.3, -0.25) is 9.79 Å². The molecule has 2 N–H and O–H groups in total. The number of nitrogens with zero attached hydrogens (tertiary/aromatic N) is 2. The van der Waals surface area contributed by atoms with Crippen molar-refractivity contribution in [2.24, 2.45) is 4.99 Å². The number of hydrogen-bond acceptors (Lipinski definition) is 5. The molecule has 0 saturated carbocycles. The van der Waals surface area contributed by atoms with Gasteiger partial charge in [0.05, 0.1) is 12.8 Å². The molecular formula is C25H34N4O2. The standard InChI is InChI=1S/C25H34N4O2/c1-4-11-20(12-9-7-5-6-8-10-17-26-2)23-15-13-21(25(29-23)31-3)18-27-19-22-14-16-24(30)28-22/h4-6,8-10,12-13,15,17,20,22,27H,1,7,11,14,16,18-19H2,2-3H3,(H,28,30)/b6-5+,10-8+,12-9+,26-17+/t20?,22-/m0/s1. The third kappa shape index (κ3) is 8.72. The second-order valence-electron chi connectivity index (χ2n) is 7.35. The Hall–Kier alpha value is -2.99. The van der Waals surface area contributed by atoms with Crippen molar-refractivity contribution in [1.82, 2.24) is 15.6 Å². The lowest BCUT2D eigenvalue weighted by molar-refractivity contribution is -0.119. The Labute approximate surface area is 185 Å². The van der Waals surface area contributed by atoms with E-state index in [9.17, 15) is 4.79 Å². The Morgan fingerprint density at radius 2 is 2.23 bits per heavy atom. The van der Waals surface area contributed by atoms with E-state index in [0.29, 0.717) is 18.8 Å². The molecule has 1 aromatic rings. The Bertz CT molecular complexity index is 827. The maximum absolute atomic E-state index is 11.3. The minimum Gasteiger partial charge on any atom is -0.481 e. The second kappa shape index (κ2) is 14.1. The minimum atomic E-state index is 0.134. The minimum absolute atomic E-state index is 0.134. The molecule has 0 radical (unpaired) electrons. The summed E-state index contributed by atoms with van der Waals surface area (Å²) in [4.78, 5) is 20.0. The highest BCUT2D eigenvalue weighted by molar-refractivity contribution is 5.78. The first-order valence-electron chi connectivity index (χ1n) is 10.7. The molecule has 1 aromatic heterocycles. The highest BCUT2D eigenvalue weighted by atomic mass is 16.5. The fraction of sp³-hybridized carbons (Fsp3) is 0.400. The van der Waals surface area contributed by atoms with E-state index in [-0.39, 0.29) is 17.9 Å². The van der Waals surface area contributed by atoms with Gasteiger partial charge in [0.1, 0.15) is 0 Å². The van der Waals surface area contributed by atoms with Crippen molar-refractivity contribution in [1.29, 1.82) is 0 Å². The predicted molar refractivity (Wildman–Crippen MR) is 128 cm³/mol. The van der Waals surface area contributed by atoms with Crippen molar-refractivity contribution in [2.75, 3.05) is 20.7 Å². The van der Waals surface area contributed by atoms with Gasteiger partial charge in [-0.2, -0.15) is 0 Å². The quantitative estimate of drug-likeness (QED) is 0.287. The van der Waals surface area contributed by atoms with Gasteiger partial charge in [0.25, 0.3) is 0 Å². The normalized spacial score (nSPS) is 17.9. The van der Waals surface area contributed by atoms with Gasteiger partial charge in [-0.05, 0) is 31.4 Å². The average Bonchev–Trinajstić information content (AvgIpc) is 3.20. The summed E-state index contributed by atoms with van der Waals surface area (Å²) in [6, 6.07) is 4.32. The van der Waals surface area contributed by atoms with Crippen molar-refractivity contribution in [3.63, 3.8) is 0 Å². The van der Waals surface area contributed by atoms with E-state index in [0.717, 1.165) is 37.1 Å². The van der Waals surface area contributed by atoms with Crippen LogP contribution in [0.2, 0.25) is 0 Å². The van der Waals surface area contributed by atoms with Crippen molar-refractivity contribution < 1.29 is 9.53 Å². The lowest BCUT2D eigenvalue weighted by Gasteiger charge is -2.15. The summed E-state index contributed by atoms with van der Waals surface area (Å²) < 4.78 is 5.54. The van der Waals surface area contributed by atoms with Crippen LogP contribution in [0.5, 0.6) is 5.88 Å². The maximum atomic E-state index is 11.3. The number of hydrogen-bond donors (Lipinski definition) is 2. The van der Waals surface area contributed by atoms with E-state index in [1.807, 2.05) is 24.3 Å². The first kappa shape index (κ1) is 24.3. The molecular weight excluding hydrogens is 388 g/mol. The van der Waals surface area contributed by atoms with Crippen LogP contribution in [0.25, 0.3) is 0 Å². The van der Waals surface area contributed by atoms with Crippen molar-refractivity contribution in [3.05, 3.63) is 72.5 Å². The Balaban J connectivity index is 1.95. The van der Waals surface area contributed by atoms with Gasteiger partial charge >= 0.3 is 0 Å². The van der Waals surface area contributed by atoms with Crippen LogP contribution in [0.1, 0.15) is 42.9 Å². The van der Waals surface area contributed by atoms with Crippen LogP contribution in [-0.2, 0) is 11.3 Å². The molecule has 1 aliphatic heterocycles. The number of carbonyl (C=O) groups excluding carboxylic acids is 1. The Morgan fingerprint density at radius 3 is 2.94 bits per heavy atom. The van der Waals surface area contributed by atoms with Gasteiger partial charge in [0.2, 0.25) is 11.8 Å². The van der Waals surface area contributed by atoms with E-state index in [2.05, 4.69) is 52.6 Å². The molecule has 1 aliphatic rings. The van der Waals surface area contributed by atoms with Crippen molar-refractivity contribution in [2.45, 2.75) is 44.2 Å². The van der Waals surface area contributed by atoms with E-state index in [4.69, 9.17) is 9.72 Å². The fourth-order valence-electron chi connectivity index (χ4n) is 3.37. The number of nitrogens with one attached hydrogen (secondary N) is 2. The van der Waals surface area contributed by atoms with Crippen molar-refractivity contribution >= 4 is 12.1 Å². The lowest BCUT2D eigenvalue weighted by Crippen LogP contribution is -2.35. The number of amides is 1. The molecule has 1 fully saturated rings. The number of carbonyl (C=O) groups is 1. The number of aromatic nitrogens is 1. The molecule has 6 nitrogen and oxygen atoms in total. The first-order chi connectivity index (χ1) is 15.2. The number of pyridine rings is 1. The van der Waals surface area contributed by atoms with Crippen molar-refractivity contribution in [3.8, 4) is 5.88 Å². The summed E-state index contributed by atoms with van der Waals surface area (Å²) in [6.07, 6.45) is 19.1. The molecule has 6 heteroatoms. The number of ether oxygens (including phenoxy) is 1. The zero-order chi connectivity index (χ0) is 22.3. The summed E-state index contributed by atoms with van der Waals surface area (Å²) in [5.74, 6) is 0.915. The van der Waals surface area contributed by atoms with Gasteiger partial charge in [-0.15, -0.1) is 6.58 Å². The zero-order valence-electron chi connectivity index (χ0n) is 18.6. The molecule has 2 atom stereocenters. The smallest absolute Gasteiger partial charge is 0.220 e. The average molecular weight is 423 g/mol. The summed E-state index contributed by atoms with van der Waals surface area (Å²) in [6.45, 7) is 5.27. The first-order valence-corrected chi connectivity index (χ1v) is 10.7. The van der Waals surface area contributed by atoms with Crippen LogP contribution in [0.3, 0.4) is 0 Å². The third-order valence-corrected chi connectivity index (χ3v) is 4.98. The number of methoxy groups -OCH3 is 1. The summed E-state index contributed by atoms with van der Waals surface area (Å²) in [7, 11) is 3.40. The summed E-state index contributed by atoms with van der Waals surface area (Å²) in [5.41, 5.74) is 1.96. The molecule has 166 valence electrons. The van der Waals surface area contributed by atoms with Crippen LogP contribution < -0.4 is 15.4 Å². The van der Waals surface area contributed by atoms with Crippen LogP contribution >= 0.6 is 0 Å². The fourth-order valence-corrected chi connectivity index (χ4v) is 3.37. The third-order valence-electron chi connectivity index (χ3n) is 4.98.